The number of hydrogen-bond donors (Lipinski definition) is 3. The van der Waals surface area contributed by atoms with Gasteiger partial charge in [0, 0.05) is 12.7 Å². The molecule has 0 saturated carbocycles. The molecule has 2 aromatic heterocycles. The molecule has 1 aliphatic rings. The van der Waals surface area contributed by atoms with E-state index in [0.29, 0.717) is 23.3 Å². The summed E-state index contributed by atoms with van der Waals surface area (Å²) in [6.45, 7) is 0.209. The van der Waals surface area contributed by atoms with Gasteiger partial charge in [-0.1, -0.05) is 0 Å². The van der Waals surface area contributed by atoms with Crippen LogP contribution in [0.5, 0.6) is 0 Å². The van der Waals surface area contributed by atoms with Gasteiger partial charge in [-0.2, -0.15) is 13.2 Å². The average Bonchev–Trinajstić information content (AvgIpc) is 3.37. The van der Waals surface area contributed by atoms with Gasteiger partial charge < -0.3 is 15.2 Å². The molecule has 1 atom stereocenters. The van der Waals surface area contributed by atoms with Crippen LogP contribution in [0, 0.1) is 0 Å². The summed E-state index contributed by atoms with van der Waals surface area (Å²) in [6, 6.07) is 4.09. The summed E-state index contributed by atoms with van der Waals surface area (Å²) >= 11 is 0. The van der Waals surface area contributed by atoms with Crippen molar-refractivity contribution in [2.45, 2.75) is 30.0 Å². The second kappa shape index (κ2) is 7.43. The highest BCUT2D eigenvalue weighted by Gasteiger charge is 2.46. The zero-order valence-corrected chi connectivity index (χ0v) is 16.7. The first-order chi connectivity index (χ1) is 14.2. The smallest absolute Gasteiger partial charge is 0.358 e. The molecule has 0 spiro atoms. The molecule has 160 valence electrons. The van der Waals surface area contributed by atoms with Gasteiger partial charge in [0.1, 0.15) is 23.8 Å². The number of aromatic amines is 1. The van der Waals surface area contributed by atoms with E-state index in [1.165, 1.54) is 36.5 Å². The third-order valence-electron chi connectivity index (χ3n) is 5.09. The zero-order chi connectivity index (χ0) is 21.5. The maximum atomic E-state index is 13.6. The molecule has 8 nitrogen and oxygen atoms in total. The van der Waals surface area contributed by atoms with Gasteiger partial charge in [-0.15, -0.1) is 0 Å². The van der Waals surface area contributed by atoms with Crippen LogP contribution in [0.1, 0.15) is 12.8 Å². The largest absolute Gasteiger partial charge is 0.408 e. The van der Waals surface area contributed by atoms with E-state index in [2.05, 4.69) is 25.0 Å². The van der Waals surface area contributed by atoms with Gasteiger partial charge in [-0.3, -0.25) is 0 Å². The fraction of sp³-hybridized carbons (Fsp3) is 0.333. The number of hydrogen-bond acceptors (Lipinski definition) is 6. The van der Waals surface area contributed by atoms with Crippen molar-refractivity contribution in [2.75, 3.05) is 23.8 Å². The number of halogens is 3. The van der Waals surface area contributed by atoms with Crippen LogP contribution in [0.4, 0.5) is 30.4 Å². The molecular weight excluding hydrogens is 421 g/mol. The lowest BCUT2D eigenvalue weighted by Crippen LogP contribution is -2.41. The molecule has 3 N–H and O–H groups in total. The standard InChI is InChI=1S/C18H19F3N6O2S/c1-22-30(28,29)11-4-5-14(27-8-2-3-15(27)18(19,20)21)13(9-11)26-17-12-6-7-23-16(12)24-10-25-17/h4-7,9-10,15,22H,2-3,8H2,1H3,(H2,23,24,25,26)/t15-/m1/s1. The third-order valence-corrected chi connectivity index (χ3v) is 6.51. The minimum absolute atomic E-state index is 0.0188. The van der Waals surface area contributed by atoms with E-state index in [0.717, 1.165) is 0 Å². The number of benzene rings is 1. The van der Waals surface area contributed by atoms with Crippen LogP contribution in [0.15, 0.2) is 41.7 Å². The Balaban J connectivity index is 1.83. The number of H-pyrrole nitrogens is 1. The van der Waals surface area contributed by atoms with E-state index in [9.17, 15) is 21.6 Å². The Morgan fingerprint density at radius 1 is 1.23 bits per heavy atom. The Morgan fingerprint density at radius 3 is 2.77 bits per heavy atom. The summed E-state index contributed by atoms with van der Waals surface area (Å²) in [6.07, 6.45) is -1.06. The van der Waals surface area contributed by atoms with Crippen molar-refractivity contribution in [3.05, 3.63) is 36.8 Å². The fourth-order valence-electron chi connectivity index (χ4n) is 3.65. The number of sulfonamides is 1. The number of nitrogens with one attached hydrogen (secondary N) is 3. The molecule has 0 radical (unpaired) electrons. The number of rotatable bonds is 5. The quantitative estimate of drug-likeness (QED) is 0.563. The molecule has 3 heterocycles. The monoisotopic (exact) mass is 440 g/mol. The van der Waals surface area contributed by atoms with Crippen molar-refractivity contribution in [2.24, 2.45) is 0 Å². The first-order valence-electron chi connectivity index (χ1n) is 9.17. The van der Waals surface area contributed by atoms with Crippen LogP contribution in [-0.2, 0) is 10.0 Å². The van der Waals surface area contributed by atoms with E-state index < -0.39 is 22.2 Å². The SMILES string of the molecule is CNS(=O)(=O)c1ccc(N2CCC[C@@H]2C(F)(F)F)c(Nc2ncnc3[nH]ccc23)c1. The Labute approximate surface area is 170 Å². The first kappa shape index (κ1) is 20.4. The lowest BCUT2D eigenvalue weighted by Gasteiger charge is -2.30. The number of nitrogens with zero attached hydrogens (tertiary/aromatic N) is 3. The van der Waals surface area contributed by atoms with Crippen molar-refractivity contribution in [3.63, 3.8) is 0 Å². The molecule has 1 saturated heterocycles. The van der Waals surface area contributed by atoms with Crippen molar-refractivity contribution in [1.82, 2.24) is 19.7 Å². The highest BCUT2D eigenvalue weighted by Crippen LogP contribution is 2.40. The summed E-state index contributed by atoms with van der Waals surface area (Å²) in [5, 5.41) is 3.64. The third kappa shape index (κ3) is 3.67. The molecule has 0 amide bonds. The van der Waals surface area contributed by atoms with E-state index in [-0.39, 0.29) is 29.2 Å². The molecule has 0 aliphatic carbocycles. The molecule has 1 fully saturated rings. The van der Waals surface area contributed by atoms with E-state index in [1.807, 2.05) is 0 Å². The number of alkyl halides is 3. The van der Waals surface area contributed by atoms with Crippen molar-refractivity contribution in [3.8, 4) is 0 Å². The van der Waals surface area contributed by atoms with E-state index >= 15 is 0 Å². The predicted molar refractivity (Wildman–Crippen MR) is 106 cm³/mol. The summed E-state index contributed by atoms with van der Waals surface area (Å²) in [5.74, 6) is 0.351. The second-order valence-corrected chi connectivity index (χ2v) is 8.75. The summed E-state index contributed by atoms with van der Waals surface area (Å²) in [7, 11) is -2.53. The highest BCUT2D eigenvalue weighted by atomic mass is 32.2. The molecule has 1 aromatic carbocycles. The number of aromatic nitrogens is 3. The minimum atomic E-state index is -4.40. The molecule has 12 heteroatoms. The maximum Gasteiger partial charge on any atom is 0.408 e. The molecular formula is C18H19F3N6O2S. The normalized spacial score (nSPS) is 17.6. The van der Waals surface area contributed by atoms with Gasteiger partial charge in [-0.05, 0) is 44.2 Å². The fourth-order valence-corrected chi connectivity index (χ4v) is 4.40. The van der Waals surface area contributed by atoms with Gasteiger partial charge >= 0.3 is 6.18 Å². The summed E-state index contributed by atoms with van der Waals surface area (Å²) in [4.78, 5) is 12.4. The van der Waals surface area contributed by atoms with Crippen LogP contribution >= 0.6 is 0 Å². The molecule has 3 aromatic rings. The van der Waals surface area contributed by atoms with Gasteiger partial charge in [0.15, 0.2) is 0 Å². The van der Waals surface area contributed by atoms with Crippen LogP contribution < -0.4 is 14.9 Å². The Kier molecular flexibility index (Phi) is 5.06. The van der Waals surface area contributed by atoms with Gasteiger partial charge in [0.05, 0.1) is 21.7 Å². The molecule has 30 heavy (non-hydrogen) atoms. The van der Waals surface area contributed by atoms with Crippen molar-refractivity contribution < 1.29 is 21.6 Å². The summed E-state index contributed by atoms with van der Waals surface area (Å²) in [5.41, 5.74) is 1.01. The number of fused-ring (bicyclic) bond motifs is 1. The Morgan fingerprint density at radius 2 is 2.03 bits per heavy atom. The van der Waals surface area contributed by atoms with Crippen LogP contribution in [-0.4, -0.2) is 49.2 Å². The zero-order valence-electron chi connectivity index (χ0n) is 15.9. The first-order valence-corrected chi connectivity index (χ1v) is 10.6. The van der Waals surface area contributed by atoms with Gasteiger partial charge in [0.2, 0.25) is 10.0 Å². The second-order valence-electron chi connectivity index (χ2n) is 6.87. The predicted octanol–water partition coefficient (Wildman–Crippen LogP) is 3.14. The Hall–Kier alpha value is -2.86. The average molecular weight is 440 g/mol. The Bertz CT molecular complexity index is 1180. The summed E-state index contributed by atoms with van der Waals surface area (Å²) < 4.78 is 67.4. The maximum absolute atomic E-state index is 13.6. The number of anilines is 3. The van der Waals surface area contributed by atoms with E-state index in [1.54, 1.807) is 12.3 Å². The lowest BCUT2D eigenvalue weighted by molar-refractivity contribution is -0.145. The van der Waals surface area contributed by atoms with Gasteiger partial charge in [0.25, 0.3) is 0 Å². The molecule has 0 unspecified atom stereocenters. The van der Waals surface area contributed by atoms with Crippen LogP contribution in [0.3, 0.4) is 0 Å². The molecule has 0 bridgehead atoms. The van der Waals surface area contributed by atoms with Crippen molar-refractivity contribution in [1.29, 1.82) is 0 Å². The lowest BCUT2D eigenvalue weighted by atomic mass is 10.2. The van der Waals surface area contributed by atoms with Crippen molar-refractivity contribution >= 4 is 38.2 Å². The van der Waals surface area contributed by atoms with Crippen LogP contribution in [0.2, 0.25) is 0 Å². The topological polar surface area (TPSA) is 103 Å². The highest BCUT2D eigenvalue weighted by molar-refractivity contribution is 7.89. The van der Waals surface area contributed by atoms with E-state index in [4.69, 9.17) is 0 Å². The molecule has 4 rings (SSSR count). The molecule has 1 aliphatic heterocycles. The minimum Gasteiger partial charge on any atom is -0.358 e. The van der Waals surface area contributed by atoms with Crippen LogP contribution in [0.25, 0.3) is 11.0 Å². The van der Waals surface area contributed by atoms with Gasteiger partial charge in [-0.25, -0.2) is 23.1 Å².